The lowest BCUT2D eigenvalue weighted by molar-refractivity contribution is -0.137. The van der Waals surface area contributed by atoms with Crippen LogP contribution in [0.1, 0.15) is 32.0 Å². The molecule has 1 aromatic heterocycles. The molecule has 0 aliphatic carbocycles. The number of hydrogen-bond donors (Lipinski definition) is 2. The van der Waals surface area contributed by atoms with Gasteiger partial charge in [-0.25, -0.2) is 9.97 Å². The van der Waals surface area contributed by atoms with Gasteiger partial charge in [0, 0.05) is 19.2 Å². The van der Waals surface area contributed by atoms with Crippen LogP contribution in [0.3, 0.4) is 0 Å². The van der Waals surface area contributed by atoms with Gasteiger partial charge in [-0.2, -0.15) is 0 Å². The topological polar surface area (TPSA) is 78.3 Å². The molecule has 6 heteroatoms. The first-order chi connectivity index (χ1) is 9.06. The second kappa shape index (κ2) is 5.86. The highest BCUT2D eigenvalue weighted by molar-refractivity contribution is 5.76. The molecule has 104 valence electrons. The second-order valence-corrected chi connectivity index (χ2v) is 4.91. The Morgan fingerprint density at radius 3 is 2.68 bits per heavy atom. The highest BCUT2D eigenvalue weighted by atomic mass is 16.4. The Labute approximate surface area is 112 Å². The minimum absolute atomic E-state index is 0.572. The summed E-state index contributed by atoms with van der Waals surface area (Å²) in [6, 6.07) is 1.17. The Kier molecular flexibility index (Phi) is 4.19. The van der Waals surface area contributed by atoms with E-state index in [0.29, 0.717) is 11.6 Å². The summed E-state index contributed by atoms with van der Waals surface area (Å²) < 4.78 is 0. The molecule has 1 atom stereocenters. The molecule has 2 N–H and O–H groups in total. The van der Waals surface area contributed by atoms with Gasteiger partial charge >= 0.3 is 5.97 Å². The number of rotatable bonds is 4. The molecule has 0 aromatic carbocycles. The number of carboxylic acids is 1. The van der Waals surface area contributed by atoms with Crippen molar-refractivity contribution in [3.8, 4) is 0 Å². The van der Waals surface area contributed by atoms with Gasteiger partial charge in [0.25, 0.3) is 0 Å². The first-order valence-electron chi connectivity index (χ1n) is 6.66. The normalized spacial score (nSPS) is 17.1. The number of aryl methyl sites for hydroxylation is 1. The quantitative estimate of drug-likeness (QED) is 0.861. The second-order valence-electron chi connectivity index (χ2n) is 4.91. The molecule has 6 nitrogen and oxygen atoms in total. The summed E-state index contributed by atoms with van der Waals surface area (Å²) in [6.07, 6.45) is 3.62. The third-order valence-electron chi connectivity index (χ3n) is 3.24. The lowest BCUT2D eigenvalue weighted by Crippen LogP contribution is -2.31. The maximum atomic E-state index is 10.9. The van der Waals surface area contributed by atoms with Gasteiger partial charge < -0.3 is 15.3 Å². The van der Waals surface area contributed by atoms with Crippen molar-refractivity contribution in [2.24, 2.45) is 0 Å². The first-order valence-corrected chi connectivity index (χ1v) is 6.66. The molecule has 1 aromatic rings. The van der Waals surface area contributed by atoms with Gasteiger partial charge in [-0.05, 0) is 33.1 Å². The van der Waals surface area contributed by atoms with Crippen LogP contribution in [0.25, 0.3) is 0 Å². The minimum Gasteiger partial charge on any atom is -0.480 e. The molecular weight excluding hydrogens is 244 g/mol. The van der Waals surface area contributed by atoms with E-state index in [1.165, 1.54) is 19.3 Å². The standard InChI is InChI=1S/C13H20N4O2/c1-9(13(18)19)14-11-8-12(16-10(2)15-11)17-6-4-3-5-7-17/h8-9H,3-7H2,1-2H3,(H,18,19)(H,14,15,16). The van der Waals surface area contributed by atoms with Crippen LogP contribution >= 0.6 is 0 Å². The van der Waals surface area contributed by atoms with Crippen molar-refractivity contribution in [3.63, 3.8) is 0 Å². The Hall–Kier alpha value is -1.85. The zero-order valence-electron chi connectivity index (χ0n) is 11.4. The van der Waals surface area contributed by atoms with E-state index < -0.39 is 12.0 Å². The molecule has 0 saturated carbocycles. The van der Waals surface area contributed by atoms with E-state index in [1.807, 2.05) is 13.0 Å². The fourth-order valence-electron chi connectivity index (χ4n) is 2.19. The highest BCUT2D eigenvalue weighted by Crippen LogP contribution is 2.20. The monoisotopic (exact) mass is 264 g/mol. The predicted octanol–water partition coefficient (Wildman–Crippen LogP) is 1.66. The van der Waals surface area contributed by atoms with Gasteiger partial charge in [-0.15, -0.1) is 0 Å². The first kappa shape index (κ1) is 13.6. The van der Waals surface area contributed by atoms with Crippen molar-refractivity contribution >= 4 is 17.6 Å². The number of hydrogen-bond acceptors (Lipinski definition) is 5. The molecule has 1 aliphatic rings. The number of nitrogens with one attached hydrogen (secondary N) is 1. The Morgan fingerprint density at radius 2 is 2.05 bits per heavy atom. The van der Waals surface area contributed by atoms with Crippen molar-refractivity contribution in [1.82, 2.24) is 9.97 Å². The summed E-state index contributed by atoms with van der Waals surface area (Å²) in [5.41, 5.74) is 0. The molecule has 19 heavy (non-hydrogen) atoms. The van der Waals surface area contributed by atoms with Crippen molar-refractivity contribution in [1.29, 1.82) is 0 Å². The third kappa shape index (κ3) is 3.56. The molecule has 0 bridgehead atoms. The fraction of sp³-hybridized carbons (Fsp3) is 0.615. The molecule has 1 aliphatic heterocycles. The smallest absolute Gasteiger partial charge is 0.325 e. The molecule has 2 rings (SSSR count). The van der Waals surface area contributed by atoms with Gasteiger partial charge in [0.2, 0.25) is 0 Å². The maximum Gasteiger partial charge on any atom is 0.325 e. The van der Waals surface area contributed by atoms with Crippen molar-refractivity contribution in [2.75, 3.05) is 23.3 Å². The molecule has 0 spiro atoms. The van der Waals surface area contributed by atoms with Gasteiger partial charge in [-0.3, -0.25) is 4.79 Å². The number of anilines is 2. The largest absolute Gasteiger partial charge is 0.480 e. The molecule has 0 amide bonds. The minimum atomic E-state index is -0.893. The number of carbonyl (C=O) groups is 1. The van der Waals surface area contributed by atoms with Gasteiger partial charge in [0.15, 0.2) is 0 Å². The number of aromatic nitrogens is 2. The Morgan fingerprint density at radius 1 is 1.37 bits per heavy atom. The van der Waals surface area contributed by atoms with E-state index in [2.05, 4.69) is 20.2 Å². The summed E-state index contributed by atoms with van der Waals surface area (Å²) in [4.78, 5) is 21.8. The summed E-state index contributed by atoms with van der Waals surface area (Å²) in [7, 11) is 0. The third-order valence-corrected chi connectivity index (χ3v) is 3.24. The average Bonchev–Trinajstić information content (AvgIpc) is 2.39. The lowest BCUT2D eigenvalue weighted by Gasteiger charge is -2.28. The van der Waals surface area contributed by atoms with E-state index in [4.69, 9.17) is 5.11 Å². The van der Waals surface area contributed by atoms with Crippen molar-refractivity contribution in [2.45, 2.75) is 39.2 Å². The van der Waals surface area contributed by atoms with E-state index in [-0.39, 0.29) is 0 Å². The van der Waals surface area contributed by atoms with Crippen LogP contribution in [-0.2, 0) is 4.79 Å². The summed E-state index contributed by atoms with van der Waals surface area (Å²) in [5.74, 6) is 1.22. The van der Waals surface area contributed by atoms with E-state index in [9.17, 15) is 4.79 Å². The Balaban J connectivity index is 2.16. The molecule has 1 unspecified atom stereocenters. The number of aliphatic carboxylic acids is 1. The van der Waals surface area contributed by atoms with Gasteiger partial charge in [-0.1, -0.05) is 0 Å². The maximum absolute atomic E-state index is 10.9. The number of carboxylic acid groups (broad SMARTS) is 1. The summed E-state index contributed by atoms with van der Waals surface area (Å²) in [5, 5.41) is 11.8. The van der Waals surface area contributed by atoms with Crippen LogP contribution in [0.15, 0.2) is 6.07 Å². The SMILES string of the molecule is Cc1nc(NC(C)C(=O)O)cc(N2CCCCC2)n1. The van der Waals surface area contributed by atoms with Crippen molar-refractivity contribution < 1.29 is 9.90 Å². The average molecular weight is 264 g/mol. The molecule has 1 saturated heterocycles. The molecular formula is C13H20N4O2. The zero-order chi connectivity index (χ0) is 13.8. The lowest BCUT2D eigenvalue weighted by atomic mass is 10.1. The fourth-order valence-corrected chi connectivity index (χ4v) is 2.19. The van der Waals surface area contributed by atoms with E-state index in [1.54, 1.807) is 6.92 Å². The van der Waals surface area contributed by atoms with E-state index in [0.717, 1.165) is 18.9 Å². The number of piperidine rings is 1. The van der Waals surface area contributed by atoms with E-state index >= 15 is 0 Å². The zero-order valence-corrected chi connectivity index (χ0v) is 11.4. The predicted molar refractivity (Wildman–Crippen MR) is 73.6 cm³/mol. The summed E-state index contributed by atoms with van der Waals surface area (Å²) >= 11 is 0. The van der Waals surface area contributed by atoms with Crippen LogP contribution < -0.4 is 10.2 Å². The van der Waals surface area contributed by atoms with Crippen LogP contribution in [0.2, 0.25) is 0 Å². The molecule has 1 fully saturated rings. The van der Waals surface area contributed by atoms with Crippen molar-refractivity contribution in [3.05, 3.63) is 11.9 Å². The van der Waals surface area contributed by atoms with Gasteiger partial charge in [0.05, 0.1) is 0 Å². The highest BCUT2D eigenvalue weighted by Gasteiger charge is 2.16. The molecule has 0 radical (unpaired) electrons. The van der Waals surface area contributed by atoms with Crippen LogP contribution in [0.5, 0.6) is 0 Å². The van der Waals surface area contributed by atoms with Crippen LogP contribution in [0.4, 0.5) is 11.6 Å². The van der Waals surface area contributed by atoms with Gasteiger partial charge in [0.1, 0.15) is 23.5 Å². The molecule has 2 heterocycles. The number of nitrogens with zero attached hydrogens (tertiary/aromatic N) is 3. The summed E-state index contributed by atoms with van der Waals surface area (Å²) in [6.45, 7) is 5.43. The Bertz CT molecular complexity index is 458. The van der Waals surface area contributed by atoms with Crippen LogP contribution in [-0.4, -0.2) is 40.2 Å². The van der Waals surface area contributed by atoms with Crippen LogP contribution in [0, 0.1) is 6.92 Å².